The van der Waals surface area contributed by atoms with E-state index in [4.69, 9.17) is 0 Å². The van der Waals surface area contributed by atoms with Gasteiger partial charge in [-0.2, -0.15) is 0 Å². The number of amides is 6. The Morgan fingerprint density at radius 3 is 1.37 bits per heavy atom. The van der Waals surface area contributed by atoms with Crippen LogP contribution in [0, 0.1) is 0 Å². The summed E-state index contributed by atoms with van der Waals surface area (Å²) >= 11 is 0. The molecule has 2 aromatic heterocycles. The van der Waals surface area contributed by atoms with E-state index in [0.717, 1.165) is 0 Å². The van der Waals surface area contributed by atoms with E-state index in [2.05, 4.69) is 20.6 Å². The summed E-state index contributed by atoms with van der Waals surface area (Å²) in [5.41, 5.74) is 0. The van der Waals surface area contributed by atoms with Gasteiger partial charge >= 0.3 is 18.1 Å². The lowest BCUT2D eigenvalue weighted by atomic mass is 10.4. The molecule has 154 valence electrons. The van der Waals surface area contributed by atoms with Gasteiger partial charge in [0.15, 0.2) is 0 Å². The molecule has 3 saturated heterocycles. The number of rotatable bonds is 4. The molecule has 6 amide bonds. The summed E-state index contributed by atoms with van der Waals surface area (Å²) in [7, 11) is 0. The molecule has 0 radical (unpaired) electrons. The minimum absolute atomic E-state index is 0.194. The molecule has 3 aliphatic heterocycles. The predicted molar refractivity (Wildman–Crippen MR) is 110 cm³/mol. The Morgan fingerprint density at radius 2 is 1.00 bits per heavy atom. The van der Waals surface area contributed by atoms with Crippen LogP contribution < -0.4 is 30.2 Å². The van der Waals surface area contributed by atoms with Crippen molar-refractivity contribution in [1.29, 1.82) is 0 Å². The van der Waals surface area contributed by atoms with Gasteiger partial charge in [0.25, 0.3) is 0 Å². The van der Waals surface area contributed by atoms with E-state index in [1.54, 1.807) is 56.0 Å². The molecule has 0 saturated carbocycles. The SMILES string of the molecule is O=C1NCCN1c1cccc(N2CCN(c3cccc(N4CCNC4=O)n3)C2=O)n1. The molecule has 11 heteroatoms. The van der Waals surface area contributed by atoms with Crippen LogP contribution in [0.25, 0.3) is 0 Å². The van der Waals surface area contributed by atoms with Crippen LogP contribution in [-0.2, 0) is 0 Å². The van der Waals surface area contributed by atoms with Gasteiger partial charge in [-0.1, -0.05) is 12.1 Å². The lowest BCUT2D eigenvalue weighted by molar-refractivity contribution is 0.251. The first-order chi connectivity index (χ1) is 14.6. The van der Waals surface area contributed by atoms with Crippen LogP contribution in [0.3, 0.4) is 0 Å². The van der Waals surface area contributed by atoms with Gasteiger partial charge < -0.3 is 10.6 Å². The zero-order valence-corrected chi connectivity index (χ0v) is 16.1. The van der Waals surface area contributed by atoms with Crippen molar-refractivity contribution in [1.82, 2.24) is 20.6 Å². The molecule has 2 aromatic rings. The zero-order chi connectivity index (χ0) is 20.7. The smallest absolute Gasteiger partial charge is 0.331 e. The molecule has 0 aromatic carbocycles. The van der Waals surface area contributed by atoms with Crippen molar-refractivity contribution < 1.29 is 14.4 Å². The normalized spacial score (nSPS) is 19.0. The third-order valence-electron chi connectivity index (χ3n) is 5.27. The van der Waals surface area contributed by atoms with Crippen LogP contribution in [0.2, 0.25) is 0 Å². The maximum atomic E-state index is 13.1. The van der Waals surface area contributed by atoms with Crippen molar-refractivity contribution in [2.24, 2.45) is 0 Å². The van der Waals surface area contributed by atoms with E-state index in [1.165, 1.54) is 0 Å². The van der Waals surface area contributed by atoms with E-state index in [-0.39, 0.29) is 18.1 Å². The summed E-state index contributed by atoms with van der Waals surface area (Å²) in [4.78, 5) is 52.2. The maximum absolute atomic E-state index is 13.1. The minimum Gasteiger partial charge on any atom is -0.336 e. The molecule has 5 heterocycles. The van der Waals surface area contributed by atoms with Crippen LogP contribution in [0.5, 0.6) is 0 Å². The highest BCUT2D eigenvalue weighted by molar-refractivity contribution is 6.05. The van der Waals surface area contributed by atoms with E-state index in [1.807, 2.05) is 0 Å². The Kier molecular flexibility index (Phi) is 4.34. The number of aromatic nitrogens is 2. The number of urea groups is 3. The zero-order valence-electron chi connectivity index (χ0n) is 16.1. The molecular formula is C19H20N8O3. The molecule has 3 fully saturated rings. The van der Waals surface area contributed by atoms with Gasteiger partial charge in [0, 0.05) is 39.3 Å². The molecule has 0 aliphatic carbocycles. The molecule has 0 atom stereocenters. The van der Waals surface area contributed by atoms with Gasteiger partial charge in [-0.3, -0.25) is 19.6 Å². The van der Waals surface area contributed by atoms with E-state index >= 15 is 0 Å². The molecule has 2 N–H and O–H groups in total. The summed E-state index contributed by atoms with van der Waals surface area (Å²) in [5.74, 6) is 1.98. The number of hydrogen-bond donors (Lipinski definition) is 2. The summed E-state index contributed by atoms with van der Waals surface area (Å²) < 4.78 is 0. The summed E-state index contributed by atoms with van der Waals surface area (Å²) in [6, 6.07) is 9.92. The van der Waals surface area contributed by atoms with Crippen molar-refractivity contribution in [3.05, 3.63) is 36.4 Å². The molecular weight excluding hydrogens is 388 g/mol. The Hall–Kier alpha value is -3.89. The van der Waals surface area contributed by atoms with Gasteiger partial charge in [-0.25, -0.2) is 24.4 Å². The fraction of sp³-hybridized carbons (Fsp3) is 0.316. The maximum Gasteiger partial charge on any atom is 0.331 e. The van der Waals surface area contributed by atoms with Crippen LogP contribution in [0.15, 0.2) is 36.4 Å². The number of hydrogen-bond acceptors (Lipinski definition) is 5. The third-order valence-corrected chi connectivity index (χ3v) is 5.27. The molecule has 5 rings (SSSR count). The van der Waals surface area contributed by atoms with E-state index in [0.29, 0.717) is 62.5 Å². The van der Waals surface area contributed by atoms with Crippen LogP contribution >= 0.6 is 0 Å². The Morgan fingerprint density at radius 1 is 0.600 bits per heavy atom. The fourth-order valence-corrected chi connectivity index (χ4v) is 3.77. The average molecular weight is 408 g/mol. The number of carbonyl (C=O) groups is 3. The predicted octanol–water partition coefficient (Wildman–Crippen LogP) is 0.982. The van der Waals surface area contributed by atoms with Crippen LogP contribution in [0.4, 0.5) is 37.7 Å². The molecule has 0 unspecified atom stereocenters. The molecule has 0 bridgehead atoms. The number of nitrogens with one attached hydrogen (secondary N) is 2. The average Bonchev–Trinajstić information content (AvgIpc) is 3.48. The first-order valence-corrected chi connectivity index (χ1v) is 9.76. The second kappa shape index (κ2) is 7.17. The van der Waals surface area contributed by atoms with Gasteiger partial charge in [0.05, 0.1) is 0 Å². The van der Waals surface area contributed by atoms with Gasteiger partial charge in [-0.15, -0.1) is 0 Å². The standard InChI is InChI=1S/C19H20N8O3/c28-17-20-7-9-24(17)13-3-1-5-15(22-13)26-11-12-27(19(26)30)16-6-2-4-14(23-16)25-10-8-21-18(25)29/h1-6H,7-12H2,(H,20,28)(H,21,29). The summed E-state index contributed by atoms with van der Waals surface area (Å²) in [5, 5.41) is 5.49. The highest BCUT2D eigenvalue weighted by Crippen LogP contribution is 2.26. The first-order valence-electron chi connectivity index (χ1n) is 9.76. The van der Waals surface area contributed by atoms with Crippen LogP contribution in [-0.4, -0.2) is 67.3 Å². The Balaban J connectivity index is 1.37. The third kappa shape index (κ3) is 3.04. The second-order valence-electron chi connectivity index (χ2n) is 7.06. The molecule has 3 aliphatic rings. The molecule has 11 nitrogen and oxygen atoms in total. The monoisotopic (exact) mass is 408 g/mol. The Labute approximate surface area is 172 Å². The van der Waals surface area contributed by atoms with Gasteiger partial charge in [0.1, 0.15) is 23.3 Å². The molecule has 30 heavy (non-hydrogen) atoms. The highest BCUT2D eigenvalue weighted by atomic mass is 16.2. The quantitative estimate of drug-likeness (QED) is 0.783. The minimum atomic E-state index is -0.249. The Bertz CT molecular complexity index is 949. The van der Waals surface area contributed by atoms with Crippen LogP contribution in [0.1, 0.15) is 0 Å². The lowest BCUT2D eigenvalue weighted by Crippen LogP contribution is -2.34. The lowest BCUT2D eigenvalue weighted by Gasteiger charge is -2.20. The molecule has 0 spiro atoms. The number of pyridine rings is 2. The number of anilines is 4. The van der Waals surface area contributed by atoms with Crippen molar-refractivity contribution in [3.8, 4) is 0 Å². The van der Waals surface area contributed by atoms with Gasteiger partial charge in [-0.05, 0) is 24.3 Å². The van der Waals surface area contributed by atoms with E-state index < -0.39 is 0 Å². The topological polar surface area (TPSA) is 114 Å². The number of nitrogens with zero attached hydrogens (tertiary/aromatic N) is 6. The number of carbonyl (C=O) groups excluding carboxylic acids is 3. The fourth-order valence-electron chi connectivity index (χ4n) is 3.77. The van der Waals surface area contributed by atoms with E-state index in [9.17, 15) is 14.4 Å². The van der Waals surface area contributed by atoms with Crippen molar-refractivity contribution >= 4 is 41.4 Å². The highest BCUT2D eigenvalue weighted by Gasteiger charge is 2.33. The van der Waals surface area contributed by atoms with Gasteiger partial charge in [0.2, 0.25) is 0 Å². The first kappa shape index (κ1) is 18.2. The summed E-state index contributed by atoms with van der Waals surface area (Å²) in [6.07, 6.45) is 0. The van der Waals surface area contributed by atoms with Crippen molar-refractivity contribution in [2.75, 3.05) is 58.9 Å². The van der Waals surface area contributed by atoms with Crippen molar-refractivity contribution in [3.63, 3.8) is 0 Å². The summed E-state index contributed by atoms with van der Waals surface area (Å²) in [6.45, 7) is 3.10. The van der Waals surface area contributed by atoms with Crippen molar-refractivity contribution in [2.45, 2.75) is 0 Å². The largest absolute Gasteiger partial charge is 0.336 e. The second-order valence-corrected chi connectivity index (χ2v) is 7.06.